The summed E-state index contributed by atoms with van der Waals surface area (Å²) in [6, 6.07) is -0.110. The van der Waals surface area contributed by atoms with Crippen LogP contribution in [0, 0.1) is 39.4 Å². The second-order valence-electron chi connectivity index (χ2n) is 9.24. The van der Waals surface area contributed by atoms with Gasteiger partial charge in [0, 0.05) is 11.8 Å². The van der Waals surface area contributed by atoms with Crippen LogP contribution in [0.4, 0.5) is 0 Å². The largest absolute Gasteiger partial charge is 0.393 e. The molecule has 4 fully saturated rings. The maximum absolute atomic E-state index is 12.4. The Morgan fingerprint density at radius 2 is 1.83 bits per heavy atom. The Bertz CT molecular complexity index is 535. The predicted molar refractivity (Wildman–Crippen MR) is 87.7 cm³/mol. The van der Waals surface area contributed by atoms with Crippen molar-refractivity contribution in [1.82, 2.24) is 0 Å². The molecule has 8 atom stereocenters. The smallest absolute Gasteiger partial charge is 0.139 e. The van der Waals surface area contributed by atoms with E-state index in [4.69, 9.17) is 0 Å². The van der Waals surface area contributed by atoms with Crippen LogP contribution in [-0.4, -0.2) is 23.0 Å². The summed E-state index contributed by atoms with van der Waals surface area (Å²) in [5.74, 6) is 2.21. The second kappa shape index (κ2) is 5.11. The van der Waals surface area contributed by atoms with E-state index in [1.54, 1.807) is 0 Å². The number of nitrogens with zero attached hydrogens (tertiary/aromatic N) is 1. The summed E-state index contributed by atoms with van der Waals surface area (Å²) in [6.45, 7) is 4.52. The summed E-state index contributed by atoms with van der Waals surface area (Å²) in [7, 11) is 0. The van der Waals surface area contributed by atoms with Gasteiger partial charge in [-0.2, -0.15) is 4.91 Å². The summed E-state index contributed by atoms with van der Waals surface area (Å²) in [5.41, 5.74) is -0.0118. The van der Waals surface area contributed by atoms with Crippen molar-refractivity contribution in [3.63, 3.8) is 0 Å². The maximum Gasteiger partial charge on any atom is 0.139 e. The van der Waals surface area contributed by atoms with Gasteiger partial charge in [-0.3, -0.25) is 4.79 Å². The third kappa shape index (κ3) is 2.03. The summed E-state index contributed by atoms with van der Waals surface area (Å²) in [6.07, 6.45) is 7.00. The zero-order valence-electron chi connectivity index (χ0n) is 14.3. The summed E-state index contributed by atoms with van der Waals surface area (Å²) in [4.78, 5) is 23.4. The molecule has 1 N–H and O–H groups in total. The van der Waals surface area contributed by atoms with Crippen molar-refractivity contribution < 1.29 is 9.90 Å². The van der Waals surface area contributed by atoms with E-state index in [0.29, 0.717) is 23.5 Å². The molecule has 0 aromatic rings. The summed E-state index contributed by atoms with van der Waals surface area (Å²) >= 11 is 0. The molecule has 0 spiro atoms. The van der Waals surface area contributed by atoms with E-state index in [-0.39, 0.29) is 28.9 Å². The molecule has 0 aromatic carbocycles. The Hall–Kier alpha value is -0.770. The van der Waals surface area contributed by atoms with Gasteiger partial charge in [-0.15, -0.1) is 0 Å². The SMILES string of the molecule is C[C@]12CCC(N=O)CC1[C@@H](O)C[C@@H]1[C@@H]2CC[C@]2(C)C(=O)CC[C@@H]12. The van der Waals surface area contributed by atoms with Crippen molar-refractivity contribution in [2.45, 2.75) is 77.4 Å². The fourth-order valence-electron chi connectivity index (χ4n) is 7.15. The Morgan fingerprint density at radius 1 is 1.04 bits per heavy atom. The highest BCUT2D eigenvalue weighted by molar-refractivity contribution is 5.87. The lowest BCUT2D eigenvalue weighted by atomic mass is 9.44. The van der Waals surface area contributed by atoms with Gasteiger partial charge in [-0.25, -0.2) is 0 Å². The number of fused-ring (bicyclic) bond motifs is 5. The van der Waals surface area contributed by atoms with Crippen molar-refractivity contribution in [3.05, 3.63) is 4.91 Å². The van der Waals surface area contributed by atoms with E-state index in [1.165, 1.54) is 0 Å². The van der Waals surface area contributed by atoms with Gasteiger partial charge in [0.25, 0.3) is 0 Å². The number of hydrogen-bond acceptors (Lipinski definition) is 4. The van der Waals surface area contributed by atoms with Gasteiger partial charge in [0.2, 0.25) is 0 Å². The van der Waals surface area contributed by atoms with Crippen molar-refractivity contribution in [3.8, 4) is 0 Å². The molecule has 4 rings (SSSR count). The molecule has 4 aliphatic rings. The van der Waals surface area contributed by atoms with Crippen LogP contribution in [0.2, 0.25) is 0 Å². The zero-order valence-corrected chi connectivity index (χ0v) is 14.3. The Balaban J connectivity index is 1.66. The predicted octanol–water partition coefficient (Wildman–Crippen LogP) is 3.70. The van der Waals surface area contributed by atoms with E-state index in [2.05, 4.69) is 19.0 Å². The number of hydrogen-bond donors (Lipinski definition) is 1. The van der Waals surface area contributed by atoms with Crippen molar-refractivity contribution >= 4 is 5.78 Å². The molecular formula is C19H29NO3. The van der Waals surface area contributed by atoms with Gasteiger partial charge in [0.15, 0.2) is 0 Å². The molecule has 0 bridgehead atoms. The standard InChI is InChI=1S/C19H29NO3/c1-18-7-5-11(20-23)9-15(18)16(21)10-12-13-3-4-17(22)19(13,2)8-6-14(12)18/h11-16,21H,3-10H2,1-2H3/t11?,12-,13-,14-,15?,16-,18+,19-/m0/s1. The minimum absolute atomic E-state index is 0.110. The first kappa shape index (κ1) is 15.7. The minimum Gasteiger partial charge on any atom is -0.393 e. The third-order valence-electron chi connectivity index (χ3n) is 8.51. The molecule has 0 aromatic heterocycles. The number of carbonyl (C=O) groups excluding carboxylic acids is 1. The maximum atomic E-state index is 12.4. The molecule has 4 saturated carbocycles. The molecule has 4 nitrogen and oxygen atoms in total. The lowest BCUT2D eigenvalue weighted by Gasteiger charge is -2.61. The molecule has 128 valence electrons. The normalized spacial score (nSPS) is 55.7. The Morgan fingerprint density at radius 3 is 2.57 bits per heavy atom. The number of carbonyl (C=O) groups is 1. The van der Waals surface area contributed by atoms with Crippen molar-refractivity contribution in [1.29, 1.82) is 0 Å². The molecule has 0 aliphatic heterocycles. The lowest BCUT2D eigenvalue weighted by Crippen LogP contribution is -2.58. The van der Waals surface area contributed by atoms with Crippen LogP contribution < -0.4 is 0 Å². The van der Waals surface area contributed by atoms with Gasteiger partial charge in [-0.1, -0.05) is 19.0 Å². The molecular weight excluding hydrogens is 290 g/mol. The van der Waals surface area contributed by atoms with Crippen LogP contribution in [-0.2, 0) is 4.79 Å². The van der Waals surface area contributed by atoms with Crippen molar-refractivity contribution in [2.24, 2.45) is 39.7 Å². The van der Waals surface area contributed by atoms with Gasteiger partial charge >= 0.3 is 0 Å². The van der Waals surface area contributed by atoms with E-state index in [9.17, 15) is 14.8 Å². The zero-order chi connectivity index (χ0) is 16.4. The Kier molecular flexibility index (Phi) is 3.50. The molecule has 0 radical (unpaired) electrons. The first-order valence-electron chi connectivity index (χ1n) is 9.44. The fraction of sp³-hybridized carbons (Fsp3) is 0.947. The quantitative estimate of drug-likeness (QED) is 0.749. The van der Waals surface area contributed by atoms with E-state index in [0.717, 1.165) is 51.4 Å². The third-order valence-corrected chi connectivity index (χ3v) is 8.51. The highest BCUT2D eigenvalue weighted by Crippen LogP contribution is 2.65. The van der Waals surface area contributed by atoms with Gasteiger partial charge < -0.3 is 5.11 Å². The van der Waals surface area contributed by atoms with Crippen LogP contribution in [0.3, 0.4) is 0 Å². The summed E-state index contributed by atoms with van der Waals surface area (Å²) in [5, 5.41) is 14.1. The Labute approximate surface area is 138 Å². The first-order chi connectivity index (χ1) is 10.9. The molecule has 0 heterocycles. The van der Waals surface area contributed by atoms with Crippen LogP contribution in [0.5, 0.6) is 0 Å². The number of nitroso groups, excluding NO2 is 1. The van der Waals surface area contributed by atoms with Crippen LogP contribution in [0.15, 0.2) is 5.18 Å². The highest BCUT2D eigenvalue weighted by Gasteiger charge is 2.62. The van der Waals surface area contributed by atoms with Gasteiger partial charge in [-0.05, 0) is 74.0 Å². The van der Waals surface area contributed by atoms with E-state index in [1.807, 2.05) is 0 Å². The van der Waals surface area contributed by atoms with Crippen LogP contribution >= 0.6 is 0 Å². The average molecular weight is 319 g/mol. The van der Waals surface area contributed by atoms with E-state index >= 15 is 0 Å². The van der Waals surface area contributed by atoms with Crippen molar-refractivity contribution in [2.75, 3.05) is 0 Å². The monoisotopic (exact) mass is 319 g/mol. The van der Waals surface area contributed by atoms with Gasteiger partial charge in [0.1, 0.15) is 5.78 Å². The second-order valence-corrected chi connectivity index (χ2v) is 9.24. The number of aliphatic hydroxyl groups excluding tert-OH is 1. The molecule has 4 aliphatic carbocycles. The number of ketones is 1. The molecule has 0 saturated heterocycles. The van der Waals surface area contributed by atoms with E-state index < -0.39 is 0 Å². The lowest BCUT2D eigenvalue weighted by molar-refractivity contribution is -0.161. The molecule has 2 unspecified atom stereocenters. The molecule has 23 heavy (non-hydrogen) atoms. The highest BCUT2D eigenvalue weighted by atomic mass is 16.3. The van der Waals surface area contributed by atoms with Gasteiger partial charge in [0.05, 0.1) is 12.1 Å². The number of Topliss-reactive ketones (excluding diaryl/α,β-unsaturated/α-hetero) is 1. The topological polar surface area (TPSA) is 66.7 Å². The molecule has 0 amide bonds. The first-order valence-corrected chi connectivity index (χ1v) is 9.44. The fourth-order valence-corrected chi connectivity index (χ4v) is 7.15. The summed E-state index contributed by atoms with van der Waals surface area (Å²) < 4.78 is 0. The van der Waals surface area contributed by atoms with Crippen LogP contribution in [0.25, 0.3) is 0 Å². The number of aliphatic hydroxyl groups is 1. The average Bonchev–Trinajstić information content (AvgIpc) is 2.83. The minimum atomic E-state index is -0.330. The molecule has 4 heteroatoms. The number of rotatable bonds is 1. The van der Waals surface area contributed by atoms with Crippen LogP contribution in [0.1, 0.15) is 65.2 Å².